The summed E-state index contributed by atoms with van der Waals surface area (Å²) in [7, 11) is -3.69. The Bertz CT molecular complexity index is 559. The van der Waals surface area contributed by atoms with E-state index in [1.54, 1.807) is 13.0 Å². The van der Waals surface area contributed by atoms with Crippen LogP contribution in [0.2, 0.25) is 0 Å². The second-order valence-corrected chi connectivity index (χ2v) is 7.68. The average molecular weight is 273 g/mol. The Morgan fingerprint density at radius 2 is 2.06 bits per heavy atom. The molecule has 17 heavy (non-hydrogen) atoms. The van der Waals surface area contributed by atoms with Crippen molar-refractivity contribution in [3.8, 4) is 0 Å². The van der Waals surface area contributed by atoms with Crippen molar-refractivity contribution in [1.82, 2.24) is 4.72 Å². The molecule has 1 heterocycles. The van der Waals surface area contributed by atoms with E-state index in [1.807, 2.05) is 13.8 Å². The summed E-state index contributed by atoms with van der Waals surface area (Å²) in [6.45, 7) is 5.54. The quantitative estimate of drug-likeness (QED) is 0.913. The van der Waals surface area contributed by atoms with E-state index in [4.69, 9.17) is 0 Å². The Morgan fingerprint density at radius 1 is 1.47 bits per heavy atom. The van der Waals surface area contributed by atoms with E-state index in [0.29, 0.717) is 10.8 Å². The van der Waals surface area contributed by atoms with Crippen LogP contribution in [0.5, 0.6) is 0 Å². The van der Waals surface area contributed by atoms with E-state index in [9.17, 15) is 13.2 Å². The number of aryl methyl sites for hydroxylation is 2. The van der Waals surface area contributed by atoms with Gasteiger partial charge in [-0.2, -0.15) is 0 Å². The first kappa shape index (κ1) is 12.6. The maximum absolute atomic E-state index is 12.0. The third kappa shape index (κ3) is 2.52. The van der Waals surface area contributed by atoms with Gasteiger partial charge in [0.15, 0.2) is 0 Å². The van der Waals surface area contributed by atoms with Gasteiger partial charge >= 0.3 is 0 Å². The first-order chi connectivity index (χ1) is 7.81. The lowest BCUT2D eigenvalue weighted by Crippen LogP contribution is -2.32. The minimum atomic E-state index is -3.69. The molecule has 1 saturated carbocycles. The summed E-state index contributed by atoms with van der Waals surface area (Å²) in [5.41, 5.74) is 0. The standard InChI is InChI=1S/C11H15NO3S2/c1-6-4-9(6)11(13)12-17(14,15)10-5-7(2)16-8(10)3/h5-6,9H,4H2,1-3H3,(H,12,13)/t6-,9-/m1/s1. The van der Waals surface area contributed by atoms with E-state index < -0.39 is 10.0 Å². The molecule has 4 nitrogen and oxygen atoms in total. The van der Waals surface area contributed by atoms with Crippen LogP contribution < -0.4 is 4.72 Å². The minimum Gasteiger partial charge on any atom is -0.274 e. The van der Waals surface area contributed by atoms with Crippen LogP contribution in [0.4, 0.5) is 0 Å². The summed E-state index contributed by atoms with van der Waals surface area (Å²) < 4.78 is 26.1. The highest BCUT2D eigenvalue weighted by Gasteiger charge is 2.41. The maximum Gasteiger partial charge on any atom is 0.265 e. The number of hydrogen-bond donors (Lipinski definition) is 1. The van der Waals surface area contributed by atoms with E-state index in [2.05, 4.69) is 4.72 Å². The van der Waals surface area contributed by atoms with Gasteiger partial charge in [-0.05, 0) is 32.3 Å². The van der Waals surface area contributed by atoms with Gasteiger partial charge in [0.05, 0.1) is 0 Å². The Kier molecular flexibility index (Phi) is 3.03. The maximum atomic E-state index is 12.0. The fourth-order valence-corrected chi connectivity index (χ4v) is 4.41. The molecule has 2 rings (SSSR count). The number of sulfonamides is 1. The summed E-state index contributed by atoms with van der Waals surface area (Å²) in [5, 5.41) is 0. The average Bonchev–Trinajstić information content (AvgIpc) is 2.81. The molecule has 1 N–H and O–H groups in total. The number of amides is 1. The van der Waals surface area contributed by atoms with Gasteiger partial charge in [-0.3, -0.25) is 4.79 Å². The number of thiophene rings is 1. The molecule has 0 aromatic carbocycles. The Morgan fingerprint density at radius 3 is 2.47 bits per heavy atom. The van der Waals surface area contributed by atoms with Gasteiger partial charge in [-0.25, -0.2) is 13.1 Å². The molecule has 1 fully saturated rings. The third-order valence-corrected chi connectivity index (χ3v) is 5.53. The molecule has 0 radical (unpaired) electrons. The van der Waals surface area contributed by atoms with Crippen LogP contribution in [-0.2, 0) is 14.8 Å². The first-order valence-electron chi connectivity index (χ1n) is 5.45. The second-order valence-electron chi connectivity index (χ2n) is 4.57. The normalized spacial score (nSPS) is 23.5. The molecule has 1 aliphatic carbocycles. The van der Waals surface area contributed by atoms with Crippen LogP contribution in [0.25, 0.3) is 0 Å². The third-order valence-electron chi connectivity index (χ3n) is 2.97. The molecular formula is C11H15NO3S2. The molecule has 0 saturated heterocycles. The van der Waals surface area contributed by atoms with Crippen molar-refractivity contribution in [3.63, 3.8) is 0 Å². The molecule has 1 aromatic rings. The predicted octanol–water partition coefficient (Wildman–Crippen LogP) is 1.83. The second kappa shape index (κ2) is 4.10. The number of nitrogens with one attached hydrogen (secondary N) is 1. The fourth-order valence-electron chi connectivity index (χ4n) is 1.82. The zero-order chi connectivity index (χ0) is 12.8. The number of carbonyl (C=O) groups is 1. The summed E-state index contributed by atoms with van der Waals surface area (Å²) >= 11 is 1.42. The van der Waals surface area contributed by atoms with Crippen LogP contribution in [0.3, 0.4) is 0 Å². The first-order valence-corrected chi connectivity index (χ1v) is 7.75. The van der Waals surface area contributed by atoms with Crippen LogP contribution in [0.1, 0.15) is 23.1 Å². The van der Waals surface area contributed by atoms with Crippen molar-refractivity contribution in [2.45, 2.75) is 32.1 Å². The van der Waals surface area contributed by atoms with Crippen LogP contribution in [-0.4, -0.2) is 14.3 Å². The lowest BCUT2D eigenvalue weighted by Gasteiger charge is -2.05. The van der Waals surface area contributed by atoms with Gasteiger partial charge in [0.2, 0.25) is 5.91 Å². The Balaban J connectivity index is 2.19. The van der Waals surface area contributed by atoms with Crippen molar-refractivity contribution >= 4 is 27.3 Å². The van der Waals surface area contributed by atoms with Crippen molar-refractivity contribution < 1.29 is 13.2 Å². The lowest BCUT2D eigenvalue weighted by molar-refractivity contribution is -0.120. The molecule has 0 spiro atoms. The highest BCUT2D eigenvalue weighted by atomic mass is 32.2. The molecule has 1 amide bonds. The molecule has 0 unspecified atom stereocenters. The summed E-state index contributed by atoms with van der Waals surface area (Å²) in [6.07, 6.45) is 0.781. The zero-order valence-electron chi connectivity index (χ0n) is 9.98. The Labute approximate surface area is 105 Å². The highest BCUT2D eigenvalue weighted by Crippen LogP contribution is 2.38. The van der Waals surface area contributed by atoms with Crippen molar-refractivity contribution in [2.24, 2.45) is 11.8 Å². The van der Waals surface area contributed by atoms with E-state index >= 15 is 0 Å². The van der Waals surface area contributed by atoms with Crippen LogP contribution >= 0.6 is 11.3 Å². The smallest absolute Gasteiger partial charge is 0.265 e. The van der Waals surface area contributed by atoms with Gasteiger partial charge in [0.1, 0.15) is 4.90 Å². The van der Waals surface area contributed by atoms with Crippen molar-refractivity contribution in [1.29, 1.82) is 0 Å². The van der Waals surface area contributed by atoms with Gasteiger partial charge in [0, 0.05) is 15.7 Å². The van der Waals surface area contributed by atoms with Gasteiger partial charge < -0.3 is 0 Å². The SMILES string of the molecule is Cc1cc(S(=O)(=O)NC(=O)[C@@H]2C[C@H]2C)c(C)s1. The largest absolute Gasteiger partial charge is 0.274 e. The molecule has 6 heteroatoms. The monoisotopic (exact) mass is 273 g/mol. The lowest BCUT2D eigenvalue weighted by atomic mass is 10.3. The zero-order valence-corrected chi connectivity index (χ0v) is 11.6. The van der Waals surface area contributed by atoms with E-state index in [-0.39, 0.29) is 16.7 Å². The van der Waals surface area contributed by atoms with Crippen molar-refractivity contribution in [3.05, 3.63) is 15.8 Å². The summed E-state index contributed by atoms with van der Waals surface area (Å²) in [5.74, 6) is -0.207. The van der Waals surface area contributed by atoms with Gasteiger partial charge in [0.25, 0.3) is 10.0 Å². The molecule has 0 bridgehead atoms. The van der Waals surface area contributed by atoms with E-state index in [1.165, 1.54) is 11.3 Å². The topological polar surface area (TPSA) is 63.2 Å². The Hall–Kier alpha value is -0.880. The van der Waals surface area contributed by atoms with Crippen LogP contribution in [0, 0.1) is 25.7 Å². The number of carbonyl (C=O) groups excluding carboxylic acids is 1. The number of hydrogen-bond acceptors (Lipinski definition) is 4. The molecule has 2 atom stereocenters. The minimum absolute atomic E-state index is 0.134. The van der Waals surface area contributed by atoms with Gasteiger partial charge in [-0.1, -0.05) is 6.92 Å². The molecule has 94 valence electrons. The molecular weight excluding hydrogens is 258 g/mol. The molecule has 1 aliphatic rings. The van der Waals surface area contributed by atoms with Gasteiger partial charge in [-0.15, -0.1) is 11.3 Å². The van der Waals surface area contributed by atoms with E-state index in [0.717, 1.165) is 11.3 Å². The number of rotatable bonds is 3. The predicted molar refractivity (Wildman–Crippen MR) is 66.4 cm³/mol. The molecule has 1 aromatic heterocycles. The summed E-state index contributed by atoms with van der Waals surface area (Å²) in [6, 6.07) is 1.60. The van der Waals surface area contributed by atoms with Crippen molar-refractivity contribution in [2.75, 3.05) is 0 Å². The summed E-state index contributed by atoms with van der Waals surface area (Å²) in [4.78, 5) is 13.5. The highest BCUT2D eigenvalue weighted by molar-refractivity contribution is 7.90. The fraction of sp³-hybridized carbons (Fsp3) is 0.545. The molecule has 0 aliphatic heterocycles. The van der Waals surface area contributed by atoms with Crippen LogP contribution in [0.15, 0.2) is 11.0 Å².